The monoisotopic (exact) mass is 422 g/mol. The van der Waals surface area contributed by atoms with Crippen LogP contribution in [0, 0.1) is 24.7 Å². The summed E-state index contributed by atoms with van der Waals surface area (Å²) in [5.41, 5.74) is 2.43. The smallest absolute Gasteiger partial charge is 0.410 e. The van der Waals surface area contributed by atoms with Crippen LogP contribution in [0.15, 0.2) is 24.4 Å². The summed E-state index contributed by atoms with van der Waals surface area (Å²) in [5.74, 6) is 2.01. The Kier molecular flexibility index (Phi) is 4.39. The Balaban J connectivity index is 1.07. The Bertz CT molecular complexity index is 1010. The van der Waals surface area contributed by atoms with Crippen molar-refractivity contribution in [1.29, 1.82) is 0 Å². The molecule has 3 atom stereocenters. The Morgan fingerprint density at radius 3 is 2.81 bits per heavy atom. The van der Waals surface area contributed by atoms with Crippen molar-refractivity contribution < 1.29 is 14.6 Å². The highest BCUT2D eigenvalue weighted by atomic mass is 16.6. The van der Waals surface area contributed by atoms with Gasteiger partial charge in [0.1, 0.15) is 11.9 Å². The van der Waals surface area contributed by atoms with Crippen LogP contribution in [0.4, 0.5) is 10.6 Å². The lowest BCUT2D eigenvalue weighted by molar-refractivity contribution is -0.177. The molecular formula is C24H30N4O3. The fourth-order valence-electron chi connectivity index (χ4n) is 6.76. The van der Waals surface area contributed by atoms with Crippen molar-refractivity contribution in [1.82, 2.24) is 14.9 Å². The molecule has 1 aromatic carbocycles. The zero-order valence-electron chi connectivity index (χ0n) is 18.0. The number of ether oxygens (including phenoxy) is 1. The van der Waals surface area contributed by atoms with Gasteiger partial charge in [0.25, 0.3) is 0 Å². The molecule has 4 saturated carbocycles. The number of carbonyl (C=O) groups excluding carboxylic acids is 1. The first kappa shape index (κ1) is 19.3. The summed E-state index contributed by atoms with van der Waals surface area (Å²) in [6.45, 7) is 3.34. The van der Waals surface area contributed by atoms with Crippen molar-refractivity contribution in [2.45, 2.75) is 63.2 Å². The molecule has 5 aliphatic rings. The van der Waals surface area contributed by atoms with E-state index in [9.17, 15) is 9.90 Å². The summed E-state index contributed by atoms with van der Waals surface area (Å²) in [6.07, 6.45) is 7.13. The minimum Gasteiger partial charge on any atom is -0.446 e. The second kappa shape index (κ2) is 7.05. The molecule has 7 heteroatoms. The molecule has 1 aromatic heterocycles. The summed E-state index contributed by atoms with van der Waals surface area (Å²) in [4.78, 5) is 23.9. The van der Waals surface area contributed by atoms with E-state index < -0.39 is 5.60 Å². The van der Waals surface area contributed by atoms with E-state index in [0.717, 1.165) is 55.4 Å². The lowest BCUT2D eigenvalue weighted by atomic mass is 9.53. The van der Waals surface area contributed by atoms with E-state index in [-0.39, 0.29) is 18.2 Å². The molecule has 2 aromatic rings. The van der Waals surface area contributed by atoms with Crippen LogP contribution in [0.25, 0.3) is 11.0 Å². The van der Waals surface area contributed by atoms with Crippen molar-refractivity contribution in [2.24, 2.45) is 17.8 Å². The lowest BCUT2D eigenvalue weighted by Gasteiger charge is -2.57. The van der Waals surface area contributed by atoms with E-state index in [1.165, 1.54) is 5.56 Å². The molecule has 7 nitrogen and oxygen atoms in total. The van der Waals surface area contributed by atoms with Gasteiger partial charge in [0, 0.05) is 19.1 Å². The van der Waals surface area contributed by atoms with Gasteiger partial charge in [-0.05, 0) is 80.9 Å². The molecule has 5 fully saturated rings. The van der Waals surface area contributed by atoms with Crippen LogP contribution in [-0.4, -0.2) is 56.9 Å². The number of amides is 1. The topological polar surface area (TPSA) is 87.6 Å². The number of nitrogens with one attached hydrogen (secondary N) is 1. The maximum Gasteiger partial charge on any atom is 0.410 e. The summed E-state index contributed by atoms with van der Waals surface area (Å²) in [6, 6.07) is 6.20. The highest BCUT2D eigenvalue weighted by Crippen LogP contribution is 2.56. The van der Waals surface area contributed by atoms with E-state index in [0.29, 0.717) is 30.8 Å². The maximum absolute atomic E-state index is 12.9. The summed E-state index contributed by atoms with van der Waals surface area (Å²) < 4.78 is 6.04. The van der Waals surface area contributed by atoms with Crippen molar-refractivity contribution in [3.8, 4) is 0 Å². The Morgan fingerprint density at radius 1 is 1.23 bits per heavy atom. The predicted octanol–water partition coefficient (Wildman–Crippen LogP) is 3.50. The molecule has 4 bridgehead atoms. The van der Waals surface area contributed by atoms with Crippen molar-refractivity contribution in [2.75, 3.05) is 18.4 Å². The molecule has 1 saturated heterocycles. The van der Waals surface area contributed by atoms with Crippen LogP contribution in [0.3, 0.4) is 0 Å². The van der Waals surface area contributed by atoms with Crippen molar-refractivity contribution in [3.63, 3.8) is 0 Å². The predicted molar refractivity (Wildman–Crippen MR) is 117 cm³/mol. The number of aryl methyl sites for hydroxylation is 1. The molecule has 2 heterocycles. The average Bonchev–Trinajstić information content (AvgIpc) is 3.18. The Morgan fingerprint density at radius 2 is 2.03 bits per heavy atom. The standard InChI is InChI=1S/C24H30N4O3/c1-14-2-3-19-20(6-14)25-12-21(27-19)26-18-4-5-28(13-18)23(29)31-22-16-7-15-8-17(22)11-24(30,9-15)10-16/h2-3,6,12,15-18,22,30H,4-5,7-11,13H2,1H3,(H,26,27)/t15?,16?,17?,18-,22?,24?/m1/s1. The van der Waals surface area contributed by atoms with Crippen LogP contribution in [0.2, 0.25) is 0 Å². The number of aliphatic hydroxyl groups is 1. The third kappa shape index (κ3) is 3.53. The molecule has 4 aliphatic carbocycles. The molecule has 0 spiro atoms. The first-order chi connectivity index (χ1) is 14.9. The summed E-state index contributed by atoms with van der Waals surface area (Å²) in [7, 11) is 0. The van der Waals surface area contributed by atoms with Crippen LogP contribution in [-0.2, 0) is 4.74 Å². The first-order valence-corrected chi connectivity index (χ1v) is 11.6. The zero-order chi connectivity index (χ0) is 21.2. The number of aromatic nitrogens is 2. The molecule has 2 unspecified atom stereocenters. The minimum absolute atomic E-state index is 0.0221. The van der Waals surface area contributed by atoms with Gasteiger partial charge in [0.15, 0.2) is 0 Å². The van der Waals surface area contributed by atoms with E-state index in [2.05, 4.69) is 15.3 Å². The average molecular weight is 423 g/mol. The summed E-state index contributed by atoms with van der Waals surface area (Å²) >= 11 is 0. The normalized spacial score (nSPS) is 36.2. The van der Waals surface area contributed by atoms with Gasteiger partial charge < -0.3 is 20.1 Å². The number of likely N-dealkylation sites (tertiary alicyclic amines) is 1. The van der Waals surface area contributed by atoms with E-state index in [4.69, 9.17) is 4.74 Å². The third-order valence-corrected chi connectivity index (χ3v) is 7.89. The van der Waals surface area contributed by atoms with E-state index in [1.54, 1.807) is 6.20 Å². The van der Waals surface area contributed by atoms with Gasteiger partial charge >= 0.3 is 6.09 Å². The van der Waals surface area contributed by atoms with Gasteiger partial charge in [0.05, 0.1) is 22.8 Å². The van der Waals surface area contributed by atoms with Gasteiger partial charge in [0.2, 0.25) is 0 Å². The number of hydrogen-bond donors (Lipinski definition) is 2. The SMILES string of the molecule is Cc1ccc2nc(N[C@@H]3CCN(C(=O)OC4C5CC6CC4CC(O)(C6)C5)C3)cnc2c1. The molecule has 1 aliphatic heterocycles. The third-order valence-electron chi connectivity index (χ3n) is 7.89. The second-order valence-corrected chi connectivity index (χ2v) is 10.4. The minimum atomic E-state index is -0.498. The highest BCUT2D eigenvalue weighted by Gasteiger charge is 2.56. The quantitative estimate of drug-likeness (QED) is 0.787. The summed E-state index contributed by atoms with van der Waals surface area (Å²) in [5, 5.41) is 14.2. The maximum atomic E-state index is 12.9. The molecule has 2 N–H and O–H groups in total. The Labute approximate surface area is 182 Å². The molecule has 0 radical (unpaired) electrons. The number of nitrogens with zero attached hydrogens (tertiary/aromatic N) is 3. The zero-order valence-corrected chi connectivity index (χ0v) is 18.0. The van der Waals surface area contributed by atoms with Gasteiger partial charge in [-0.2, -0.15) is 0 Å². The molecular weight excluding hydrogens is 392 g/mol. The van der Waals surface area contributed by atoms with Gasteiger partial charge in [-0.1, -0.05) is 6.07 Å². The largest absolute Gasteiger partial charge is 0.446 e. The van der Waals surface area contributed by atoms with E-state index >= 15 is 0 Å². The molecule has 7 rings (SSSR count). The molecule has 164 valence electrons. The lowest BCUT2D eigenvalue weighted by Crippen LogP contribution is -2.58. The van der Waals surface area contributed by atoms with Crippen molar-refractivity contribution >= 4 is 22.9 Å². The molecule has 31 heavy (non-hydrogen) atoms. The number of fused-ring (bicyclic) bond motifs is 1. The Hall–Kier alpha value is -2.41. The van der Waals surface area contributed by atoms with Crippen LogP contribution >= 0.6 is 0 Å². The molecule has 1 amide bonds. The van der Waals surface area contributed by atoms with E-state index in [1.807, 2.05) is 30.0 Å². The van der Waals surface area contributed by atoms with Crippen LogP contribution in [0.5, 0.6) is 0 Å². The fraction of sp³-hybridized carbons (Fsp3) is 0.625. The van der Waals surface area contributed by atoms with Gasteiger partial charge in [-0.15, -0.1) is 0 Å². The van der Waals surface area contributed by atoms with Crippen LogP contribution in [0.1, 0.15) is 44.1 Å². The number of hydrogen-bond acceptors (Lipinski definition) is 6. The number of benzene rings is 1. The highest BCUT2D eigenvalue weighted by molar-refractivity contribution is 5.76. The van der Waals surface area contributed by atoms with Gasteiger partial charge in [-0.25, -0.2) is 9.78 Å². The fourth-order valence-corrected chi connectivity index (χ4v) is 6.76. The van der Waals surface area contributed by atoms with Gasteiger partial charge in [-0.3, -0.25) is 4.98 Å². The van der Waals surface area contributed by atoms with Crippen LogP contribution < -0.4 is 5.32 Å². The number of rotatable bonds is 3. The number of anilines is 1. The second-order valence-electron chi connectivity index (χ2n) is 10.4. The first-order valence-electron chi connectivity index (χ1n) is 11.6. The van der Waals surface area contributed by atoms with Crippen molar-refractivity contribution in [3.05, 3.63) is 30.0 Å². The number of carbonyl (C=O) groups is 1.